The number of allylic oxidation sites excluding steroid dienone is 3. The Morgan fingerprint density at radius 3 is 2.36 bits per heavy atom. The molecule has 0 radical (unpaired) electrons. The Hall–Kier alpha value is -1.05. The lowest BCUT2D eigenvalue weighted by Crippen LogP contribution is -1.96. The quantitative estimate of drug-likeness (QED) is 0.355. The lowest BCUT2D eigenvalue weighted by molar-refractivity contribution is -0.139. The van der Waals surface area contributed by atoms with E-state index >= 15 is 0 Å². The van der Waals surface area contributed by atoms with Gasteiger partial charge in [0.2, 0.25) is 0 Å². The van der Waals surface area contributed by atoms with Gasteiger partial charge in [0, 0.05) is 0 Å². The number of hydrogen-bond donors (Lipinski definition) is 0. The van der Waals surface area contributed by atoms with E-state index < -0.39 is 0 Å². The monoisotopic (exact) mass is 196 g/mol. The van der Waals surface area contributed by atoms with Crippen molar-refractivity contribution in [2.75, 3.05) is 7.11 Å². The van der Waals surface area contributed by atoms with Crippen molar-refractivity contribution in [1.29, 1.82) is 0 Å². The summed E-state index contributed by atoms with van der Waals surface area (Å²) >= 11 is 0. The predicted molar refractivity (Wildman–Crippen MR) is 59.1 cm³/mol. The summed E-state index contributed by atoms with van der Waals surface area (Å²) in [5.41, 5.74) is 0. The molecule has 0 aliphatic carbocycles. The van der Waals surface area contributed by atoms with Crippen molar-refractivity contribution < 1.29 is 9.53 Å². The fourth-order valence-corrected chi connectivity index (χ4v) is 1.02. The summed E-state index contributed by atoms with van der Waals surface area (Å²) in [7, 11) is 1.41. The third-order valence-electron chi connectivity index (χ3n) is 1.82. The molecular weight excluding hydrogens is 176 g/mol. The van der Waals surface area contributed by atoms with Crippen molar-refractivity contribution in [3.8, 4) is 0 Å². The van der Waals surface area contributed by atoms with Gasteiger partial charge in [-0.3, -0.25) is 4.79 Å². The third kappa shape index (κ3) is 9.04. The van der Waals surface area contributed by atoms with Gasteiger partial charge in [-0.15, -0.1) is 0 Å². The third-order valence-corrected chi connectivity index (χ3v) is 1.82. The first-order valence-corrected chi connectivity index (χ1v) is 5.18. The zero-order valence-electron chi connectivity index (χ0n) is 9.16. The number of hydrogen-bond acceptors (Lipinski definition) is 2. The van der Waals surface area contributed by atoms with Crippen molar-refractivity contribution in [3.05, 3.63) is 24.3 Å². The van der Waals surface area contributed by atoms with Crippen LogP contribution in [0.2, 0.25) is 0 Å². The molecule has 0 aliphatic heterocycles. The molecule has 80 valence electrons. The van der Waals surface area contributed by atoms with E-state index in [0.29, 0.717) is 6.42 Å². The molecule has 0 saturated carbocycles. The van der Waals surface area contributed by atoms with Gasteiger partial charge in [0.15, 0.2) is 0 Å². The van der Waals surface area contributed by atoms with Crippen molar-refractivity contribution in [3.63, 3.8) is 0 Å². The highest BCUT2D eigenvalue weighted by Crippen LogP contribution is 1.99. The van der Waals surface area contributed by atoms with E-state index in [9.17, 15) is 4.79 Å². The average Bonchev–Trinajstić information content (AvgIpc) is 2.21. The van der Waals surface area contributed by atoms with Crippen LogP contribution in [0.25, 0.3) is 0 Å². The Labute approximate surface area is 86.6 Å². The molecule has 0 aliphatic rings. The number of methoxy groups -OCH3 is 1. The highest BCUT2D eigenvalue weighted by atomic mass is 16.5. The van der Waals surface area contributed by atoms with Crippen LogP contribution in [-0.2, 0) is 9.53 Å². The summed E-state index contributed by atoms with van der Waals surface area (Å²) in [5.74, 6) is -0.174. The minimum Gasteiger partial charge on any atom is -0.469 e. The molecule has 0 aromatic rings. The molecule has 0 aromatic carbocycles. The van der Waals surface area contributed by atoms with Crippen LogP contribution in [0.5, 0.6) is 0 Å². The van der Waals surface area contributed by atoms with E-state index in [0.717, 1.165) is 25.7 Å². The largest absolute Gasteiger partial charge is 0.469 e. The number of unbranched alkanes of at least 4 members (excludes halogenated alkanes) is 2. The first-order chi connectivity index (χ1) is 6.81. The summed E-state index contributed by atoms with van der Waals surface area (Å²) in [6.07, 6.45) is 13.1. The van der Waals surface area contributed by atoms with Crippen LogP contribution in [0.1, 0.15) is 39.0 Å². The summed E-state index contributed by atoms with van der Waals surface area (Å²) in [6.45, 7) is 2.13. The molecule has 14 heavy (non-hydrogen) atoms. The number of esters is 1. The molecule has 0 rings (SSSR count). The van der Waals surface area contributed by atoms with E-state index in [1.54, 1.807) is 0 Å². The lowest BCUT2D eigenvalue weighted by Gasteiger charge is -1.92. The minimum absolute atomic E-state index is 0.174. The highest BCUT2D eigenvalue weighted by molar-refractivity contribution is 5.70. The van der Waals surface area contributed by atoms with E-state index in [1.807, 2.05) is 12.2 Å². The summed E-state index contributed by atoms with van der Waals surface area (Å²) < 4.78 is 4.51. The SMILES string of the molecule is CC/C=C/CCC/C=C/CC(=O)OC. The first kappa shape index (κ1) is 12.9. The van der Waals surface area contributed by atoms with Crippen LogP contribution in [0.4, 0.5) is 0 Å². The molecule has 0 fully saturated rings. The normalized spacial score (nSPS) is 11.3. The molecule has 2 nitrogen and oxygen atoms in total. The highest BCUT2D eigenvalue weighted by Gasteiger charge is 1.92. The van der Waals surface area contributed by atoms with E-state index in [4.69, 9.17) is 0 Å². The van der Waals surface area contributed by atoms with Crippen molar-refractivity contribution in [2.45, 2.75) is 39.0 Å². The van der Waals surface area contributed by atoms with E-state index in [2.05, 4.69) is 23.8 Å². The average molecular weight is 196 g/mol. The van der Waals surface area contributed by atoms with Crippen LogP contribution in [0, 0.1) is 0 Å². The molecule has 0 amide bonds. The van der Waals surface area contributed by atoms with Gasteiger partial charge in [-0.2, -0.15) is 0 Å². The minimum atomic E-state index is -0.174. The van der Waals surface area contributed by atoms with Crippen molar-refractivity contribution >= 4 is 5.97 Å². The van der Waals surface area contributed by atoms with Gasteiger partial charge >= 0.3 is 5.97 Å². The second kappa shape index (κ2) is 10.0. The van der Waals surface area contributed by atoms with Crippen LogP contribution < -0.4 is 0 Å². The second-order valence-corrected chi connectivity index (χ2v) is 3.06. The molecule has 2 heteroatoms. The number of rotatable bonds is 7. The Balaban J connectivity index is 3.27. The standard InChI is InChI=1S/C12H20O2/c1-3-4-5-6-7-8-9-10-11-12(13)14-2/h4-5,9-10H,3,6-8,11H2,1-2H3/b5-4+,10-9+. The predicted octanol–water partition coefficient (Wildman–Crippen LogP) is 3.24. The zero-order chi connectivity index (χ0) is 10.6. The molecule has 0 aromatic heterocycles. The van der Waals surface area contributed by atoms with Gasteiger partial charge in [-0.25, -0.2) is 0 Å². The van der Waals surface area contributed by atoms with Crippen LogP contribution >= 0.6 is 0 Å². The van der Waals surface area contributed by atoms with Crippen LogP contribution in [0.15, 0.2) is 24.3 Å². The first-order valence-electron chi connectivity index (χ1n) is 5.18. The molecule has 0 atom stereocenters. The molecule has 0 saturated heterocycles. The molecule has 0 heterocycles. The van der Waals surface area contributed by atoms with Gasteiger partial charge in [0.05, 0.1) is 13.5 Å². The summed E-state index contributed by atoms with van der Waals surface area (Å²) in [4.78, 5) is 10.7. The molecule has 0 bridgehead atoms. The van der Waals surface area contributed by atoms with E-state index in [-0.39, 0.29) is 5.97 Å². The lowest BCUT2D eigenvalue weighted by atomic mass is 10.2. The van der Waals surface area contributed by atoms with Crippen LogP contribution in [-0.4, -0.2) is 13.1 Å². The van der Waals surface area contributed by atoms with Crippen molar-refractivity contribution in [2.24, 2.45) is 0 Å². The smallest absolute Gasteiger partial charge is 0.309 e. The molecule has 0 spiro atoms. The summed E-state index contributed by atoms with van der Waals surface area (Å²) in [5, 5.41) is 0. The maximum Gasteiger partial charge on any atom is 0.309 e. The van der Waals surface area contributed by atoms with E-state index in [1.165, 1.54) is 7.11 Å². The second-order valence-electron chi connectivity index (χ2n) is 3.06. The van der Waals surface area contributed by atoms with Crippen LogP contribution in [0.3, 0.4) is 0 Å². The Kier molecular flexibility index (Phi) is 9.28. The fraction of sp³-hybridized carbons (Fsp3) is 0.583. The Morgan fingerprint density at radius 2 is 1.79 bits per heavy atom. The maximum absolute atomic E-state index is 10.7. The van der Waals surface area contributed by atoms with Gasteiger partial charge in [0.25, 0.3) is 0 Å². The molecule has 0 unspecified atom stereocenters. The Bertz CT molecular complexity index is 192. The molecular formula is C12H20O2. The number of ether oxygens (including phenoxy) is 1. The fourth-order valence-electron chi connectivity index (χ4n) is 1.02. The van der Waals surface area contributed by atoms with Gasteiger partial charge in [-0.05, 0) is 25.7 Å². The van der Waals surface area contributed by atoms with Gasteiger partial charge in [0.1, 0.15) is 0 Å². The maximum atomic E-state index is 10.7. The van der Waals surface area contributed by atoms with Gasteiger partial charge < -0.3 is 4.74 Å². The number of carbonyl (C=O) groups excluding carboxylic acids is 1. The molecule has 0 N–H and O–H groups in total. The topological polar surface area (TPSA) is 26.3 Å². The number of carbonyl (C=O) groups is 1. The van der Waals surface area contributed by atoms with Gasteiger partial charge in [-0.1, -0.05) is 31.2 Å². The summed E-state index contributed by atoms with van der Waals surface area (Å²) in [6, 6.07) is 0. The zero-order valence-corrected chi connectivity index (χ0v) is 9.16. The Morgan fingerprint density at radius 1 is 1.14 bits per heavy atom. The van der Waals surface area contributed by atoms with Crippen molar-refractivity contribution in [1.82, 2.24) is 0 Å².